The minimum atomic E-state index is -4.90. The normalized spacial score (nSPS) is 16.0. The van der Waals surface area contributed by atoms with E-state index in [2.05, 4.69) is 15.9 Å². The fraction of sp³-hybridized carbons (Fsp3) is 0.455. The molecule has 0 aliphatic carbocycles. The van der Waals surface area contributed by atoms with E-state index in [1.165, 1.54) is 6.07 Å². The van der Waals surface area contributed by atoms with E-state index in [4.69, 9.17) is 16.2 Å². The van der Waals surface area contributed by atoms with Gasteiger partial charge in [-0.3, -0.25) is 4.55 Å². The van der Waals surface area contributed by atoms with Crippen LogP contribution in [0.3, 0.4) is 0 Å². The Morgan fingerprint density at radius 3 is 2.25 bits per heavy atom. The van der Waals surface area contributed by atoms with Crippen LogP contribution in [0.2, 0.25) is 5.02 Å². The first-order valence-corrected chi connectivity index (χ1v) is 8.04. The number of aryl methyl sites for hydroxylation is 1. The second kappa shape index (κ2) is 5.47. The zero-order valence-electron chi connectivity index (χ0n) is 10.4. The maximum atomic E-state index is 13.3. The Balaban J connectivity index is 3.59. The monoisotopic (exact) mass is 394 g/mol. The third-order valence-corrected chi connectivity index (χ3v) is 5.05. The lowest BCUT2D eigenvalue weighted by Gasteiger charge is -2.32. The molecule has 20 heavy (non-hydrogen) atoms. The largest absolute Gasteiger partial charge is 0.399 e. The number of halogens is 5. The lowest BCUT2D eigenvalue weighted by Crippen LogP contribution is -2.45. The highest BCUT2D eigenvalue weighted by Gasteiger charge is 2.55. The molecule has 114 valence electrons. The maximum Gasteiger partial charge on any atom is 0.399 e. The number of rotatable bonds is 3. The van der Waals surface area contributed by atoms with Gasteiger partial charge in [0.25, 0.3) is 10.1 Å². The van der Waals surface area contributed by atoms with E-state index in [9.17, 15) is 21.6 Å². The first-order valence-electron chi connectivity index (χ1n) is 5.26. The first kappa shape index (κ1) is 17.7. The van der Waals surface area contributed by atoms with Gasteiger partial charge in [0.1, 0.15) is 5.41 Å². The van der Waals surface area contributed by atoms with Crippen LogP contribution in [0, 0.1) is 6.92 Å². The van der Waals surface area contributed by atoms with Gasteiger partial charge in [-0.15, -0.1) is 0 Å². The molecule has 1 unspecified atom stereocenters. The van der Waals surface area contributed by atoms with E-state index < -0.39 is 33.0 Å². The summed E-state index contributed by atoms with van der Waals surface area (Å²) in [7, 11) is -4.84. The Hall–Kier alpha value is -0.310. The first-order chi connectivity index (χ1) is 8.78. The molecule has 1 aromatic carbocycles. The quantitative estimate of drug-likeness (QED) is 0.783. The van der Waals surface area contributed by atoms with Gasteiger partial charge in [0.15, 0.2) is 0 Å². The Labute approximate surface area is 128 Å². The van der Waals surface area contributed by atoms with Gasteiger partial charge in [-0.05, 0) is 31.0 Å². The summed E-state index contributed by atoms with van der Waals surface area (Å²) in [6.45, 7) is 2.24. The lowest BCUT2D eigenvalue weighted by atomic mass is 9.83. The molecule has 1 N–H and O–H groups in total. The van der Waals surface area contributed by atoms with Gasteiger partial charge in [-0.2, -0.15) is 21.6 Å². The summed E-state index contributed by atoms with van der Waals surface area (Å²) in [5, 5.41) is -0.231. The summed E-state index contributed by atoms with van der Waals surface area (Å²) in [6, 6.07) is 2.42. The summed E-state index contributed by atoms with van der Waals surface area (Å²) < 4.78 is 71.0. The molecule has 0 amide bonds. The van der Waals surface area contributed by atoms with Crippen molar-refractivity contribution in [2.24, 2.45) is 0 Å². The molecule has 1 rings (SSSR count). The SMILES string of the molecule is Cc1cc(C(C)(CS(=O)(=O)O)C(F)(F)F)c(Cl)cc1Br. The number of hydrogen-bond donors (Lipinski definition) is 1. The molecule has 0 heterocycles. The van der Waals surface area contributed by atoms with Gasteiger partial charge in [0.2, 0.25) is 0 Å². The second-order valence-corrected chi connectivity index (χ2v) is 7.35. The van der Waals surface area contributed by atoms with Crippen molar-refractivity contribution in [1.82, 2.24) is 0 Å². The molecule has 0 aromatic heterocycles. The minimum Gasteiger partial charge on any atom is -0.286 e. The highest BCUT2D eigenvalue weighted by molar-refractivity contribution is 9.10. The molecule has 0 saturated carbocycles. The van der Waals surface area contributed by atoms with Crippen LogP contribution >= 0.6 is 27.5 Å². The lowest BCUT2D eigenvalue weighted by molar-refractivity contribution is -0.179. The fourth-order valence-electron chi connectivity index (χ4n) is 1.76. The molecule has 1 atom stereocenters. The van der Waals surface area contributed by atoms with Crippen molar-refractivity contribution in [3.8, 4) is 0 Å². The van der Waals surface area contributed by atoms with E-state index in [1.54, 1.807) is 6.92 Å². The van der Waals surface area contributed by atoms with Crippen LogP contribution in [0.4, 0.5) is 13.2 Å². The summed E-state index contributed by atoms with van der Waals surface area (Å²) in [4.78, 5) is 0. The van der Waals surface area contributed by atoms with Gasteiger partial charge in [-0.1, -0.05) is 33.6 Å². The molecule has 0 bridgehead atoms. The zero-order valence-corrected chi connectivity index (χ0v) is 13.6. The zero-order chi connectivity index (χ0) is 15.9. The van der Waals surface area contributed by atoms with Crippen molar-refractivity contribution in [3.05, 3.63) is 32.8 Å². The molecule has 1 aromatic rings. The highest BCUT2D eigenvalue weighted by Crippen LogP contribution is 2.45. The van der Waals surface area contributed by atoms with Gasteiger partial charge in [0.05, 0.1) is 5.75 Å². The summed E-state index contributed by atoms with van der Waals surface area (Å²) in [5.74, 6) is -1.50. The Morgan fingerprint density at radius 1 is 1.35 bits per heavy atom. The molecule has 9 heteroatoms. The molecular formula is C11H11BrClF3O3S. The van der Waals surface area contributed by atoms with Gasteiger partial charge in [0, 0.05) is 9.50 Å². The number of alkyl halides is 3. The Bertz CT molecular complexity index is 631. The molecule has 0 aliphatic rings. The topological polar surface area (TPSA) is 54.4 Å². The van der Waals surface area contributed by atoms with E-state index in [-0.39, 0.29) is 5.02 Å². The number of benzene rings is 1. The van der Waals surface area contributed by atoms with Gasteiger partial charge < -0.3 is 0 Å². The van der Waals surface area contributed by atoms with E-state index in [0.717, 1.165) is 6.07 Å². The van der Waals surface area contributed by atoms with Crippen molar-refractivity contribution < 1.29 is 26.1 Å². The van der Waals surface area contributed by atoms with Crippen molar-refractivity contribution in [3.63, 3.8) is 0 Å². The smallest absolute Gasteiger partial charge is 0.286 e. The molecule has 0 saturated heterocycles. The summed E-state index contributed by atoms with van der Waals surface area (Å²) >= 11 is 8.94. The van der Waals surface area contributed by atoms with Crippen molar-refractivity contribution in [2.75, 3.05) is 5.75 Å². The third kappa shape index (κ3) is 3.66. The number of hydrogen-bond acceptors (Lipinski definition) is 2. The minimum absolute atomic E-state index is 0.231. The average Bonchev–Trinajstić information content (AvgIpc) is 2.19. The molecular weight excluding hydrogens is 385 g/mol. The third-order valence-electron chi connectivity index (χ3n) is 2.94. The molecule has 0 spiro atoms. The van der Waals surface area contributed by atoms with E-state index in [0.29, 0.717) is 17.0 Å². The second-order valence-electron chi connectivity index (χ2n) is 4.64. The predicted octanol–water partition coefficient (Wildman–Crippen LogP) is 4.12. The molecule has 0 radical (unpaired) electrons. The van der Waals surface area contributed by atoms with Crippen LogP contribution in [0.1, 0.15) is 18.1 Å². The highest BCUT2D eigenvalue weighted by atomic mass is 79.9. The molecule has 0 fully saturated rings. The fourth-order valence-corrected chi connectivity index (χ4v) is 3.65. The van der Waals surface area contributed by atoms with Crippen LogP contribution in [0.5, 0.6) is 0 Å². The van der Waals surface area contributed by atoms with E-state index in [1.807, 2.05) is 0 Å². The predicted molar refractivity (Wildman–Crippen MR) is 73.7 cm³/mol. The van der Waals surface area contributed by atoms with Gasteiger partial charge >= 0.3 is 6.18 Å². The van der Waals surface area contributed by atoms with Crippen LogP contribution in [-0.2, 0) is 15.5 Å². The Morgan fingerprint density at radius 2 is 1.85 bits per heavy atom. The average molecular weight is 396 g/mol. The Kier molecular flexibility index (Phi) is 4.85. The molecule has 0 aliphatic heterocycles. The van der Waals surface area contributed by atoms with Gasteiger partial charge in [-0.25, -0.2) is 0 Å². The maximum absolute atomic E-state index is 13.3. The summed E-state index contributed by atoms with van der Waals surface area (Å²) in [6.07, 6.45) is -4.90. The summed E-state index contributed by atoms with van der Waals surface area (Å²) in [5.41, 5.74) is -2.73. The standard InChI is InChI=1S/C11H11BrClF3O3S/c1-6-3-7(9(13)4-8(6)12)10(2,11(14,15)16)5-20(17,18)19/h3-4H,5H2,1-2H3,(H,17,18,19). The van der Waals surface area contributed by atoms with Crippen LogP contribution in [-0.4, -0.2) is 24.9 Å². The van der Waals surface area contributed by atoms with Crippen molar-refractivity contribution >= 4 is 37.6 Å². The van der Waals surface area contributed by atoms with Crippen LogP contribution in [0.25, 0.3) is 0 Å². The molecule has 3 nitrogen and oxygen atoms in total. The van der Waals surface area contributed by atoms with Crippen molar-refractivity contribution in [2.45, 2.75) is 25.4 Å². The van der Waals surface area contributed by atoms with Crippen molar-refractivity contribution in [1.29, 1.82) is 0 Å². The van der Waals surface area contributed by atoms with Crippen LogP contribution in [0.15, 0.2) is 16.6 Å². The van der Waals surface area contributed by atoms with E-state index >= 15 is 0 Å². The van der Waals surface area contributed by atoms with Crippen LogP contribution < -0.4 is 0 Å².